The summed E-state index contributed by atoms with van der Waals surface area (Å²) >= 11 is 0. The normalized spacial score (nSPS) is 15.4. The monoisotopic (exact) mass is 490 g/mol. The standard InChI is InChI=1S/C24H30N2O7S/c1-3-7-20(18-8-5-4-6-9-18)25-23(27)17-33-24(28)19-10-11-21(31-2)22(16-19)34(29,30)26-12-14-32-15-13-26/h4-6,8-11,16,20H,3,7,12-15,17H2,1-2H3,(H,25,27). The summed E-state index contributed by atoms with van der Waals surface area (Å²) in [6, 6.07) is 13.4. The van der Waals surface area contributed by atoms with Crippen molar-refractivity contribution in [2.45, 2.75) is 30.7 Å². The lowest BCUT2D eigenvalue weighted by Crippen LogP contribution is -2.40. The molecule has 0 saturated carbocycles. The van der Waals surface area contributed by atoms with Crippen LogP contribution < -0.4 is 10.1 Å². The van der Waals surface area contributed by atoms with Gasteiger partial charge in [0.1, 0.15) is 10.6 Å². The molecule has 1 unspecified atom stereocenters. The molecule has 1 aliphatic heterocycles. The molecule has 9 nitrogen and oxygen atoms in total. The predicted octanol–water partition coefficient (Wildman–Crippen LogP) is 2.53. The van der Waals surface area contributed by atoms with Crippen molar-refractivity contribution in [1.29, 1.82) is 0 Å². The first-order valence-electron chi connectivity index (χ1n) is 11.1. The van der Waals surface area contributed by atoms with Crippen molar-refractivity contribution >= 4 is 21.9 Å². The minimum Gasteiger partial charge on any atom is -0.495 e. The lowest BCUT2D eigenvalue weighted by atomic mass is 10.0. The Morgan fingerprint density at radius 3 is 2.47 bits per heavy atom. The highest BCUT2D eigenvalue weighted by molar-refractivity contribution is 7.89. The average molecular weight is 491 g/mol. The van der Waals surface area contributed by atoms with Gasteiger partial charge < -0.3 is 19.5 Å². The van der Waals surface area contributed by atoms with E-state index in [0.717, 1.165) is 18.4 Å². The van der Waals surface area contributed by atoms with Gasteiger partial charge in [-0.05, 0) is 30.2 Å². The Bertz CT molecular complexity index is 1080. The molecule has 184 valence electrons. The van der Waals surface area contributed by atoms with E-state index in [2.05, 4.69) is 5.32 Å². The Kier molecular flexibility index (Phi) is 9.03. The van der Waals surface area contributed by atoms with Gasteiger partial charge in [-0.2, -0.15) is 4.31 Å². The summed E-state index contributed by atoms with van der Waals surface area (Å²) in [6.45, 7) is 2.54. The molecule has 1 atom stereocenters. The van der Waals surface area contributed by atoms with Crippen molar-refractivity contribution in [1.82, 2.24) is 9.62 Å². The average Bonchev–Trinajstić information content (AvgIpc) is 2.87. The van der Waals surface area contributed by atoms with Crippen LogP contribution in [0.15, 0.2) is 53.4 Å². The highest BCUT2D eigenvalue weighted by Gasteiger charge is 2.30. The first kappa shape index (κ1) is 25.7. The SMILES string of the molecule is CCCC(NC(=O)COC(=O)c1ccc(OC)c(S(=O)(=O)N2CCOCC2)c1)c1ccccc1. The van der Waals surface area contributed by atoms with Crippen LogP contribution in [0.5, 0.6) is 5.75 Å². The van der Waals surface area contributed by atoms with Crippen LogP contribution >= 0.6 is 0 Å². The van der Waals surface area contributed by atoms with E-state index >= 15 is 0 Å². The molecule has 0 aliphatic carbocycles. The molecule has 3 rings (SSSR count). The third kappa shape index (κ3) is 6.34. The first-order chi connectivity index (χ1) is 16.4. The van der Waals surface area contributed by atoms with Gasteiger partial charge in [-0.15, -0.1) is 0 Å². The maximum Gasteiger partial charge on any atom is 0.338 e. The second-order valence-corrected chi connectivity index (χ2v) is 9.68. The number of hydrogen-bond donors (Lipinski definition) is 1. The van der Waals surface area contributed by atoms with Gasteiger partial charge in [-0.25, -0.2) is 13.2 Å². The molecule has 2 aromatic carbocycles. The number of morpholine rings is 1. The third-order valence-electron chi connectivity index (χ3n) is 5.44. The van der Waals surface area contributed by atoms with E-state index in [1.807, 2.05) is 37.3 Å². The van der Waals surface area contributed by atoms with Crippen molar-refractivity contribution in [3.8, 4) is 5.75 Å². The minimum absolute atomic E-state index is 0.00796. The van der Waals surface area contributed by atoms with Gasteiger partial charge in [-0.1, -0.05) is 43.7 Å². The minimum atomic E-state index is -3.90. The number of methoxy groups -OCH3 is 1. The van der Waals surface area contributed by atoms with Crippen LogP contribution in [0.2, 0.25) is 0 Å². The summed E-state index contributed by atoms with van der Waals surface area (Å²) in [4.78, 5) is 24.9. The van der Waals surface area contributed by atoms with Gasteiger partial charge in [0, 0.05) is 13.1 Å². The number of esters is 1. The molecular weight excluding hydrogens is 460 g/mol. The number of carbonyl (C=O) groups excluding carboxylic acids is 2. The van der Waals surface area contributed by atoms with Gasteiger partial charge in [0.2, 0.25) is 10.0 Å². The van der Waals surface area contributed by atoms with Crippen LogP contribution in [0, 0.1) is 0 Å². The van der Waals surface area contributed by atoms with E-state index in [9.17, 15) is 18.0 Å². The largest absolute Gasteiger partial charge is 0.495 e. The van der Waals surface area contributed by atoms with Crippen molar-refractivity contribution in [2.24, 2.45) is 0 Å². The van der Waals surface area contributed by atoms with Crippen molar-refractivity contribution in [3.63, 3.8) is 0 Å². The molecule has 1 saturated heterocycles. The van der Waals surface area contributed by atoms with Crippen LogP contribution in [0.1, 0.15) is 41.7 Å². The number of amides is 1. The van der Waals surface area contributed by atoms with E-state index in [1.54, 1.807) is 0 Å². The van der Waals surface area contributed by atoms with Gasteiger partial charge in [-0.3, -0.25) is 4.79 Å². The molecule has 0 spiro atoms. The molecule has 1 fully saturated rings. The Hall–Kier alpha value is -2.95. The molecule has 1 amide bonds. The number of ether oxygens (including phenoxy) is 3. The maximum absolute atomic E-state index is 13.1. The third-order valence-corrected chi connectivity index (χ3v) is 7.36. The number of nitrogens with one attached hydrogen (secondary N) is 1. The zero-order valence-corrected chi connectivity index (χ0v) is 20.2. The second-order valence-electron chi connectivity index (χ2n) is 7.78. The fourth-order valence-corrected chi connectivity index (χ4v) is 5.27. The van der Waals surface area contributed by atoms with Crippen LogP contribution in [-0.4, -0.2) is 64.6 Å². The molecule has 1 heterocycles. The molecule has 2 aromatic rings. The molecule has 1 aliphatic rings. The van der Waals surface area contributed by atoms with Crippen LogP contribution in [0.3, 0.4) is 0 Å². The molecule has 34 heavy (non-hydrogen) atoms. The Balaban J connectivity index is 1.68. The molecule has 0 aromatic heterocycles. The zero-order valence-electron chi connectivity index (χ0n) is 19.4. The van der Waals surface area contributed by atoms with Crippen LogP contribution in [0.25, 0.3) is 0 Å². The number of benzene rings is 2. The summed E-state index contributed by atoms with van der Waals surface area (Å²) in [5.74, 6) is -1.13. The Morgan fingerprint density at radius 1 is 1.12 bits per heavy atom. The van der Waals surface area contributed by atoms with Gasteiger partial charge in [0.05, 0.1) is 31.9 Å². The lowest BCUT2D eigenvalue weighted by Gasteiger charge is -2.26. The fraction of sp³-hybridized carbons (Fsp3) is 0.417. The Labute approximate surface area is 200 Å². The molecule has 0 bridgehead atoms. The van der Waals surface area contributed by atoms with Crippen molar-refractivity contribution in [2.75, 3.05) is 40.0 Å². The maximum atomic E-state index is 13.1. The van der Waals surface area contributed by atoms with E-state index in [1.165, 1.54) is 29.6 Å². The topological polar surface area (TPSA) is 111 Å². The summed E-state index contributed by atoms with van der Waals surface area (Å²) in [7, 11) is -2.55. The predicted molar refractivity (Wildman–Crippen MR) is 125 cm³/mol. The fourth-order valence-electron chi connectivity index (χ4n) is 3.68. The quantitative estimate of drug-likeness (QED) is 0.510. The Morgan fingerprint density at radius 2 is 1.82 bits per heavy atom. The van der Waals surface area contributed by atoms with Crippen molar-refractivity contribution in [3.05, 3.63) is 59.7 Å². The van der Waals surface area contributed by atoms with E-state index in [-0.39, 0.29) is 35.3 Å². The van der Waals surface area contributed by atoms with Gasteiger partial charge >= 0.3 is 5.97 Å². The summed E-state index contributed by atoms with van der Waals surface area (Å²) < 4.78 is 43.1. The lowest BCUT2D eigenvalue weighted by molar-refractivity contribution is -0.125. The van der Waals surface area contributed by atoms with Crippen LogP contribution in [-0.2, 0) is 24.3 Å². The van der Waals surface area contributed by atoms with Crippen LogP contribution in [0.4, 0.5) is 0 Å². The highest BCUT2D eigenvalue weighted by atomic mass is 32.2. The number of carbonyl (C=O) groups is 2. The van der Waals surface area contributed by atoms with E-state index in [0.29, 0.717) is 13.2 Å². The highest BCUT2D eigenvalue weighted by Crippen LogP contribution is 2.28. The number of rotatable bonds is 10. The molecule has 1 N–H and O–H groups in total. The van der Waals surface area contributed by atoms with E-state index < -0.39 is 28.5 Å². The van der Waals surface area contributed by atoms with Gasteiger partial charge in [0.15, 0.2) is 6.61 Å². The number of hydrogen-bond acceptors (Lipinski definition) is 7. The summed E-state index contributed by atoms with van der Waals surface area (Å²) in [5, 5.41) is 2.89. The molecular formula is C24H30N2O7S. The summed E-state index contributed by atoms with van der Waals surface area (Å²) in [5.41, 5.74) is 0.978. The molecule has 10 heteroatoms. The van der Waals surface area contributed by atoms with Crippen molar-refractivity contribution < 1.29 is 32.2 Å². The number of nitrogens with zero attached hydrogens (tertiary/aromatic N) is 1. The number of sulfonamides is 1. The summed E-state index contributed by atoms with van der Waals surface area (Å²) in [6.07, 6.45) is 1.61. The first-order valence-corrected chi connectivity index (χ1v) is 12.6. The van der Waals surface area contributed by atoms with E-state index in [4.69, 9.17) is 14.2 Å². The zero-order chi connectivity index (χ0) is 24.6. The smallest absolute Gasteiger partial charge is 0.338 e. The molecule has 0 radical (unpaired) electrons. The second kappa shape index (κ2) is 12.0. The van der Waals surface area contributed by atoms with Gasteiger partial charge in [0.25, 0.3) is 5.91 Å².